The summed E-state index contributed by atoms with van der Waals surface area (Å²) in [6.07, 6.45) is 0. The third-order valence-corrected chi connectivity index (χ3v) is 16.3. The Morgan fingerprint density at radius 3 is 0.971 bits per heavy atom. The minimum atomic E-state index is -0.308. The average molecular weight is 898 g/mol. The van der Waals surface area contributed by atoms with Crippen LogP contribution in [0.15, 0.2) is 224 Å². The number of hydrogen-bond acceptors (Lipinski definition) is 1. The normalized spacial score (nSPS) is 15.0. The molecule has 13 rings (SSSR count). The highest BCUT2D eigenvalue weighted by atomic mass is 15.2. The van der Waals surface area contributed by atoms with Gasteiger partial charge in [-0.05, 0) is 178 Å². The molecule has 0 bridgehead atoms. The average Bonchev–Trinajstić information content (AvgIpc) is 3.78. The molecule has 1 nitrogen and oxygen atoms in total. The van der Waals surface area contributed by atoms with Crippen LogP contribution in [0.4, 0.5) is 17.1 Å². The van der Waals surface area contributed by atoms with Crippen LogP contribution in [0.5, 0.6) is 0 Å². The molecule has 0 N–H and O–H groups in total. The molecular formula is C69H55N. The molecule has 0 radical (unpaired) electrons. The fraction of sp³-hybridized carbons (Fsp3) is 0.130. The number of fused-ring (bicyclic) bond motifs is 8. The Labute approximate surface area is 413 Å². The van der Waals surface area contributed by atoms with Gasteiger partial charge in [0.2, 0.25) is 0 Å². The molecule has 1 aliphatic heterocycles. The maximum Gasteiger partial charge on any atom is 0.0503 e. The van der Waals surface area contributed by atoms with Crippen molar-refractivity contribution in [3.05, 3.63) is 258 Å². The highest BCUT2D eigenvalue weighted by Crippen LogP contribution is 2.56. The van der Waals surface area contributed by atoms with Gasteiger partial charge < -0.3 is 4.90 Å². The van der Waals surface area contributed by atoms with Crippen molar-refractivity contribution < 1.29 is 0 Å². The molecule has 10 aromatic carbocycles. The summed E-state index contributed by atoms with van der Waals surface area (Å²) in [4.78, 5) is 2.51. The second-order valence-corrected chi connectivity index (χ2v) is 21.4. The van der Waals surface area contributed by atoms with Crippen LogP contribution >= 0.6 is 0 Å². The van der Waals surface area contributed by atoms with E-state index in [2.05, 4.69) is 271 Å². The van der Waals surface area contributed by atoms with Crippen molar-refractivity contribution in [3.8, 4) is 77.9 Å². The third-order valence-electron chi connectivity index (χ3n) is 16.3. The molecule has 0 saturated heterocycles. The van der Waals surface area contributed by atoms with Crippen molar-refractivity contribution in [3.63, 3.8) is 0 Å². The summed E-state index contributed by atoms with van der Waals surface area (Å²) in [7, 11) is 0. The van der Waals surface area contributed by atoms with Crippen LogP contribution in [0.3, 0.4) is 0 Å². The second kappa shape index (κ2) is 15.5. The van der Waals surface area contributed by atoms with Gasteiger partial charge in [0.25, 0.3) is 0 Å². The molecular weight excluding hydrogens is 843 g/mol. The third kappa shape index (κ3) is 6.45. The fourth-order valence-corrected chi connectivity index (χ4v) is 12.3. The van der Waals surface area contributed by atoms with Gasteiger partial charge in [-0.1, -0.05) is 199 Å². The molecule has 70 heavy (non-hydrogen) atoms. The van der Waals surface area contributed by atoms with Crippen molar-refractivity contribution in [2.24, 2.45) is 0 Å². The predicted molar refractivity (Wildman–Crippen MR) is 296 cm³/mol. The van der Waals surface area contributed by atoms with E-state index in [9.17, 15) is 0 Å². The summed E-state index contributed by atoms with van der Waals surface area (Å²) in [5, 5.41) is 0. The number of benzene rings is 10. The Bertz CT molecular complexity index is 3500. The zero-order valence-electron chi connectivity index (χ0n) is 40.8. The quantitative estimate of drug-likeness (QED) is 0.161. The van der Waals surface area contributed by atoms with Gasteiger partial charge in [0.05, 0.1) is 11.4 Å². The monoisotopic (exact) mass is 897 g/mol. The lowest BCUT2D eigenvalue weighted by molar-refractivity contribution is 0.632. The molecule has 0 saturated carbocycles. The van der Waals surface area contributed by atoms with E-state index in [0.717, 1.165) is 5.69 Å². The van der Waals surface area contributed by atoms with Gasteiger partial charge in [-0.25, -0.2) is 0 Å². The zero-order valence-corrected chi connectivity index (χ0v) is 40.8. The number of rotatable bonds is 6. The summed E-state index contributed by atoms with van der Waals surface area (Å²) in [6.45, 7) is 14.3. The second-order valence-electron chi connectivity index (χ2n) is 21.4. The van der Waals surface area contributed by atoms with Gasteiger partial charge in [-0.2, -0.15) is 0 Å². The van der Waals surface area contributed by atoms with Crippen LogP contribution in [0, 0.1) is 0 Å². The zero-order chi connectivity index (χ0) is 47.5. The van der Waals surface area contributed by atoms with E-state index in [-0.39, 0.29) is 16.2 Å². The lowest BCUT2D eigenvalue weighted by Gasteiger charge is -2.42. The predicted octanol–water partition coefficient (Wildman–Crippen LogP) is 18.7. The summed E-state index contributed by atoms with van der Waals surface area (Å²) < 4.78 is 0. The molecule has 0 amide bonds. The summed E-state index contributed by atoms with van der Waals surface area (Å²) in [5.74, 6) is 0. The van der Waals surface area contributed by atoms with E-state index in [1.807, 2.05) is 0 Å². The molecule has 3 aliphatic rings. The van der Waals surface area contributed by atoms with E-state index in [4.69, 9.17) is 0 Å². The molecule has 2 aliphatic carbocycles. The van der Waals surface area contributed by atoms with Crippen molar-refractivity contribution >= 4 is 17.1 Å². The number of anilines is 3. The standard InChI is InChI=1S/C69H55N/c1-67(2)59-23-15-13-21-55(59)57-33-27-47(40-61(57)67)49-29-35-65-63(42-49)69(5,6)64-43-50(48-28-34-58-56-22-14-16-24-60(56)68(3,4)62(58)41-48)30-36-66(64)70(65)54-31-25-46(26-32-54)53-38-51(44-17-9-7-10-18-44)37-52(39-53)45-19-11-8-12-20-45/h7-43H,1-6H3. The van der Waals surface area contributed by atoms with Crippen molar-refractivity contribution in [1.82, 2.24) is 0 Å². The number of nitrogens with zero attached hydrogens (tertiary/aromatic N) is 1. The largest absolute Gasteiger partial charge is 0.310 e. The summed E-state index contributed by atoms with van der Waals surface area (Å²) in [6, 6.07) is 84.3. The molecule has 0 atom stereocenters. The molecule has 0 aromatic heterocycles. The molecule has 0 fully saturated rings. The first kappa shape index (κ1) is 42.1. The van der Waals surface area contributed by atoms with Gasteiger partial charge >= 0.3 is 0 Å². The van der Waals surface area contributed by atoms with Crippen LogP contribution in [0.2, 0.25) is 0 Å². The van der Waals surface area contributed by atoms with E-state index in [1.54, 1.807) is 0 Å². The van der Waals surface area contributed by atoms with Crippen LogP contribution in [-0.2, 0) is 16.2 Å². The van der Waals surface area contributed by atoms with Gasteiger partial charge in [-0.15, -0.1) is 0 Å². The molecule has 0 unspecified atom stereocenters. The lowest BCUT2D eigenvalue weighted by Crippen LogP contribution is -2.30. The topological polar surface area (TPSA) is 3.24 Å². The molecule has 1 heterocycles. The fourth-order valence-electron chi connectivity index (χ4n) is 12.3. The Kier molecular flexibility index (Phi) is 9.33. The first-order chi connectivity index (χ1) is 33.9. The van der Waals surface area contributed by atoms with E-state index < -0.39 is 0 Å². The lowest BCUT2D eigenvalue weighted by atomic mass is 9.72. The highest BCUT2D eigenvalue weighted by molar-refractivity contribution is 5.92. The SMILES string of the molecule is CC1(C)c2ccccc2-c2ccc(-c3ccc4c(c3)C(C)(C)c3cc(-c5ccc6c(c5)C(C)(C)c5ccccc5-6)ccc3N4c3ccc(-c4cc(-c5ccccc5)cc(-c5ccccc5)c4)cc3)cc21. The first-order valence-corrected chi connectivity index (χ1v) is 24.9. The molecule has 0 spiro atoms. The molecule has 10 aromatic rings. The molecule has 336 valence electrons. The Balaban J connectivity index is 0.944. The number of hydrogen-bond donors (Lipinski definition) is 0. The summed E-state index contributed by atoms with van der Waals surface area (Å²) >= 11 is 0. The smallest absolute Gasteiger partial charge is 0.0503 e. The van der Waals surface area contributed by atoms with Crippen molar-refractivity contribution in [1.29, 1.82) is 0 Å². The van der Waals surface area contributed by atoms with Gasteiger partial charge in [0.1, 0.15) is 0 Å². The Hall–Kier alpha value is -8.00. The Morgan fingerprint density at radius 1 is 0.229 bits per heavy atom. The minimum Gasteiger partial charge on any atom is -0.310 e. The van der Waals surface area contributed by atoms with Gasteiger partial charge in [0.15, 0.2) is 0 Å². The Morgan fingerprint density at radius 2 is 0.543 bits per heavy atom. The van der Waals surface area contributed by atoms with Crippen molar-refractivity contribution in [2.75, 3.05) is 4.90 Å². The van der Waals surface area contributed by atoms with E-state index in [1.165, 1.54) is 123 Å². The van der Waals surface area contributed by atoms with Crippen LogP contribution in [0.25, 0.3) is 77.9 Å². The summed E-state index contributed by atoms with van der Waals surface area (Å²) in [5.41, 5.74) is 28.9. The highest BCUT2D eigenvalue weighted by Gasteiger charge is 2.40. The van der Waals surface area contributed by atoms with Crippen molar-refractivity contribution in [2.45, 2.75) is 57.8 Å². The molecule has 1 heteroatoms. The maximum absolute atomic E-state index is 2.51. The van der Waals surface area contributed by atoms with Crippen LogP contribution in [0.1, 0.15) is 74.9 Å². The van der Waals surface area contributed by atoms with Crippen LogP contribution in [-0.4, -0.2) is 0 Å². The maximum atomic E-state index is 2.51. The van der Waals surface area contributed by atoms with Crippen LogP contribution < -0.4 is 4.90 Å². The minimum absolute atomic E-state index is 0.0742. The van der Waals surface area contributed by atoms with E-state index >= 15 is 0 Å². The van der Waals surface area contributed by atoms with Gasteiger partial charge in [-0.3, -0.25) is 0 Å². The first-order valence-electron chi connectivity index (χ1n) is 24.9. The van der Waals surface area contributed by atoms with Gasteiger partial charge in [0, 0.05) is 21.9 Å². The van der Waals surface area contributed by atoms with E-state index in [0.29, 0.717) is 0 Å².